The molecule has 0 N–H and O–H groups in total. The molecule has 0 radical (unpaired) electrons. The van der Waals surface area contributed by atoms with Crippen LogP contribution in [0, 0.1) is 6.92 Å². The van der Waals surface area contributed by atoms with Gasteiger partial charge in [-0.15, -0.1) is 0 Å². The highest BCUT2D eigenvalue weighted by atomic mass is 16.5. The van der Waals surface area contributed by atoms with Crippen molar-refractivity contribution in [2.24, 2.45) is 0 Å². The molecule has 1 aromatic rings. The minimum Gasteiger partial charge on any atom is -0.377 e. The fourth-order valence-corrected chi connectivity index (χ4v) is 2.09. The summed E-state index contributed by atoms with van der Waals surface area (Å²) < 4.78 is 5.43. The maximum atomic E-state index is 12.4. The number of rotatable bonds is 1. The van der Waals surface area contributed by atoms with E-state index in [4.69, 9.17) is 4.74 Å². The van der Waals surface area contributed by atoms with Gasteiger partial charge in [-0.2, -0.15) is 0 Å². The maximum absolute atomic E-state index is 12.4. The summed E-state index contributed by atoms with van der Waals surface area (Å²) in [4.78, 5) is 14.3. The third-order valence-corrected chi connectivity index (χ3v) is 3.19. The molecule has 1 aromatic carbocycles. The summed E-state index contributed by atoms with van der Waals surface area (Å²) in [6, 6.07) is 7.73. The molecule has 0 aliphatic carbocycles. The molecular formula is C14H19NO2. The number of hydrogen-bond donors (Lipinski definition) is 0. The molecule has 0 atom stereocenters. The van der Waals surface area contributed by atoms with Gasteiger partial charge in [-0.05, 0) is 32.9 Å². The molecule has 2 rings (SSSR count). The zero-order valence-electron chi connectivity index (χ0n) is 10.7. The molecule has 0 aromatic heterocycles. The predicted molar refractivity (Wildman–Crippen MR) is 67.1 cm³/mol. The van der Waals surface area contributed by atoms with Gasteiger partial charge in [0.15, 0.2) is 0 Å². The normalized spacial score (nSPS) is 19.1. The van der Waals surface area contributed by atoms with Gasteiger partial charge >= 0.3 is 0 Å². The van der Waals surface area contributed by atoms with Gasteiger partial charge in [0.2, 0.25) is 0 Å². The smallest absolute Gasteiger partial charge is 0.254 e. The van der Waals surface area contributed by atoms with Gasteiger partial charge < -0.3 is 9.64 Å². The second-order valence-electron chi connectivity index (χ2n) is 5.19. The number of carbonyl (C=O) groups excluding carboxylic acids is 1. The summed E-state index contributed by atoms with van der Waals surface area (Å²) in [7, 11) is 0. The number of ether oxygens (including phenoxy) is 1. The second-order valence-corrected chi connectivity index (χ2v) is 5.19. The summed E-state index contributed by atoms with van der Waals surface area (Å²) in [5.74, 6) is 0.0956. The first-order valence-electron chi connectivity index (χ1n) is 5.97. The summed E-state index contributed by atoms with van der Waals surface area (Å²) in [5, 5.41) is 0. The molecular weight excluding hydrogens is 214 g/mol. The highest BCUT2D eigenvalue weighted by Crippen LogP contribution is 2.21. The first kappa shape index (κ1) is 12.1. The Morgan fingerprint density at radius 1 is 1.29 bits per heavy atom. The van der Waals surface area contributed by atoms with Crippen LogP contribution in [0.2, 0.25) is 0 Å². The Kier molecular flexibility index (Phi) is 3.20. The number of amides is 1. The Hall–Kier alpha value is -1.35. The second kappa shape index (κ2) is 4.49. The van der Waals surface area contributed by atoms with Crippen molar-refractivity contribution in [3.63, 3.8) is 0 Å². The zero-order chi connectivity index (χ0) is 12.5. The highest BCUT2D eigenvalue weighted by molar-refractivity contribution is 5.94. The molecule has 1 aliphatic rings. The lowest BCUT2D eigenvalue weighted by molar-refractivity contribution is -0.0370. The van der Waals surface area contributed by atoms with Crippen molar-refractivity contribution >= 4 is 5.91 Å². The largest absolute Gasteiger partial charge is 0.377 e. The molecule has 1 aliphatic heterocycles. The summed E-state index contributed by atoms with van der Waals surface area (Å²) in [5.41, 5.74) is 1.70. The van der Waals surface area contributed by atoms with Crippen molar-refractivity contribution in [1.29, 1.82) is 0 Å². The van der Waals surface area contributed by atoms with Crippen molar-refractivity contribution < 1.29 is 9.53 Å². The predicted octanol–water partition coefficient (Wildman–Crippen LogP) is 2.25. The van der Waals surface area contributed by atoms with Crippen LogP contribution in [-0.2, 0) is 4.74 Å². The molecule has 1 fully saturated rings. The minimum absolute atomic E-state index is 0.0956. The molecule has 92 valence electrons. The Bertz CT molecular complexity index is 409. The van der Waals surface area contributed by atoms with Crippen LogP contribution in [0.5, 0.6) is 0 Å². The highest BCUT2D eigenvalue weighted by Gasteiger charge is 2.34. The lowest BCUT2D eigenvalue weighted by atomic mass is 10.0. The Labute approximate surface area is 102 Å². The van der Waals surface area contributed by atoms with Crippen LogP contribution in [0.3, 0.4) is 0 Å². The average Bonchev–Trinajstić information content (AvgIpc) is 2.28. The molecule has 17 heavy (non-hydrogen) atoms. The number of hydrogen-bond acceptors (Lipinski definition) is 2. The molecule has 0 bridgehead atoms. The number of nitrogens with zero attached hydrogens (tertiary/aromatic N) is 1. The summed E-state index contributed by atoms with van der Waals surface area (Å²) in [6.45, 7) is 7.99. The lowest BCUT2D eigenvalue weighted by Gasteiger charge is -2.42. The Morgan fingerprint density at radius 2 is 1.94 bits per heavy atom. The standard InChI is InChI=1S/C14H19NO2/c1-11-4-6-12(7-5-11)13(16)15-8-9-17-10-14(15,2)3/h4-7H,8-10H2,1-3H3. The number of aryl methyl sites for hydroxylation is 1. The molecule has 1 saturated heterocycles. The van der Waals surface area contributed by atoms with Gasteiger partial charge in [0.25, 0.3) is 5.91 Å². The Balaban J connectivity index is 2.21. The molecule has 0 unspecified atom stereocenters. The van der Waals surface area contributed by atoms with Crippen molar-refractivity contribution in [2.75, 3.05) is 19.8 Å². The summed E-state index contributed by atoms with van der Waals surface area (Å²) in [6.07, 6.45) is 0. The number of carbonyl (C=O) groups is 1. The quantitative estimate of drug-likeness (QED) is 0.744. The van der Waals surface area contributed by atoms with E-state index in [1.54, 1.807) is 0 Å². The van der Waals surface area contributed by atoms with E-state index in [0.717, 1.165) is 5.56 Å². The van der Waals surface area contributed by atoms with E-state index in [1.807, 2.05) is 49.9 Å². The molecule has 3 nitrogen and oxygen atoms in total. The fraction of sp³-hybridized carbons (Fsp3) is 0.500. The maximum Gasteiger partial charge on any atom is 0.254 e. The first-order valence-corrected chi connectivity index (χ1v) is 5.97. The Morgan fingerprint density at radius 3 is 2.53 bits per heavy atom. The first-order chi connectivity index (χ1) is 8.00. The van der Waals surface area contributed by atoms with Crippen molar-refractivity contribution in [3.8, 4) is 0 Å². The van der Waals surface area contributed by atoms with Crippen molar-refractivity contribution in [1.82, 2.24) is 4.90 Å². The van der Waals surface area contributed by atoms with E-state index in [0.29, 0.717) is 19.8 Å². The third kappa shape index (κ3) is 2.50. The zero-order valence-corrected chi connectivity index (χ0v) is 10.7. The van der Waals surface area contributed by atoms with Crippen LogP contribution >= 0.6 is 0 Å². The van der Waals surface area contributed by atoms with E-state index in [9.17, 15) is 4.79 Å². The van der Waals surface area contributed by atoms with Crippen LogP contribution in [0.25, 0.3) is 0 Å². The van der Waals surface area contributed by atoms with E-state index >= 15 is 0 Å². The van der Waals surface area contributed by atoms with Crippen LogP contribution < -0.4 is 0 Å². The molecule has 0 spiro atoms. The molecule has 0 saturated carbocycles. The van der Waals surface area contributed by atoms with E-state index in [1.165, 1.54) is 5.56 Å². The average molecular weight is 233 g/mol. The van der Waals surface area contributed by atoms with Crippen molar-refractivity contribution in [3.05, 3.63) is 35.4 Å². The van der Waals surface area contributed by atoms with E-state index in [2.05, 4.69) is 0 Å². The van der Waals surface area contributed by atoms with E-state index < -0.39 is 0 Å². The van der Waals surface area contributed by atoms with Crippen LogP contribution in [-0.4, -0.2) is 36.1 Å². The minimum atomic E-state index is -0.222. The van der Waals surface area contributed by atoms with Crippen LogP contribution in [0.4, 0.5) is 0 Å². The molecule has 3 heteroatoms. The lowest BCUT2D eigenvalue weighted by Crippen LogP contribution is -2.55. The number of morpholine rings is 1. The van der Waals surface area contributed by atoms with Gasteiger partial charge in [0.05, 0.1) is 18.8 Å². The SMILES string of the molecule is Cc1ccc(C(=O)N2CCOCC2(C)C)cc1. The third-order valence-electron chi connectivity index (χ3n) is 3.19. The fourth-order valence-electron chi connectivity index (χ4n) is 2.09. The topological polar surface area (TPSA) is 29.5 Å². The van der Waals surface area contributed by atoms with Gasteiger partial charge in [-0.25, -0.2) is 0 Å². The summed E-state index contributed by atoms with van der Waals surface area (Å²) >= 11 is 0. The number of benzene rings is 1. The van der Waals surface area contributed by atoms with Gasteiger partial charge in [-0.1, -0.05) is 17.7 Å². The van der Waals surface area contributed by atoms with Crippen LogP contribution in [0.1, 0.15) is 29.8 Å². The monoisotopic (exact) mass is 233 g/mol. The van der Waals surface area contributed by atoms with Crippen molar-refractivity contribution in [2.45, 2.75) is 26.3 Å². The van der Waals surface area contributed by atoms with Crippen LogP contribution in [0.15, 0.2) is 24.3 Å². The van der Waals surface area contributed by atoms with Gasteiger partial charge in [0.1, 0.15) is 0 Å². The molecule has 1 amide bonds. The van der Waals surface area contributed by atoms with Gasteiger partial charge in [0, 0.05) is 12.1 Å². The van der Waals surface area contributed by atoms with Gasteiger partial charge in [-0.3, -0.25) is 4.79 Å². The molecule has 1 heterocycles. The van der Waals surface area contributed by atoms with E-state index in [-0.39, 0.29) is 11.4 Å².